The Labute approximate surface area is 131 Å². The Hall–Kier alpha value is -1.82. The first kappa shape index (κ1) is 18.2. The monoisotopic (exact) mass is 310 g/mol. The second kappa shape index (κ2) is 10.00. The number of hydrogen-bond donors (Lipinski definition) is 1. The molecule has 0 aliphatic heterocycles. The number of furan rings is 1. The van der Waals surface area contributed by atoms with Gasteiger partial charge in [-0.05, 0) is 25.8 Å². The van der Waals surface area contributed by atoms with E-state index in [9.17, 15) is 9.59 Å². The molecular weight excluding hydrogens is 284 g/mol. The number of ether oxygens (including phenoxy) is 1. The van der Waals surface area contributed by atoms with Gasteiger partial charge in [0.05, 0.1) is 11.8 Å². The van der Waals surface area contributed by atoms with Gasteiger partial charge in [-0.25, -0.2) is 0 Å². The van der Waals surface area contributed by atoms with Crippen LogP contribution in [0.3, 0.4) is 0 Å². The fourth-order valence-electron chi connectivity index (χ4n) is 2.05. The quantitative estimate of drug-likeness (QED) is 0.672. The van der Waals surface area contributed by atoms with Gasteiger partial charge in [-0.3, -0.25) is 9.59 Å². The number of amides is 2. The van der Waals surface area contributed by atoms with Crippen molar-refractivity contribution in [3.05, 3.63) is 24.2 Å². The molecule has 0 spiro atoms. The molecule has 1 aromatic heterocycles. The van der Waals surface area contributed by atoms with Gasteiger partial charge in [-0.1, -0.05) is 6.92 Å². The number of rotatable bonds is 10. The summed E-state index contributed by atoms with van der Waals surface area (Å²) in [7, 11) is 1.63. The van der Waals surface area contributed by atoms with Crippen molar-refractivity contribution in [3.8, 4) is 0 Å². The fraction of sp³-hybridized carbons (Fsp3) is 0.625. The summed E-state index contributed by atoms with van der Waals surface area (Å²) in [6.45, 7) is 5.61. The summed E-state index contributed by atoms with van der Waals surface area (Å²) in [6.07, 6.45) is 4.82. The Balaban J connectivity index is 2.48. The molecule has 0 aliphatic rings. The first-order valence-electron chi connectivity index (χ1n) is 7.69. The highest BCUT2D eigenvalue weighted by atomic mass is 16.5. The van der Waals surface area contributed by atoms with E-state index in [4.69, 9.17) is 9.15 Å². The molecule has 6 heteroatoms. The van der Waals surface area contributed by atoms with Crippen molar-refractivity contribution in [2.75, 3.05) is 26.8 Å². The summed E-state index contributed by atoms with van der Waals surface area (Å²) >= 11 is 0. The van der Waals surface area contributed by atoms with E-state index < -0.39 is 0 Å². The van der Waals surface area contributed by atoms with Crippen molar-refractivity contribution >= 4 is 11.8 Å². The molecule has 6 nitrogen and oxygen atoms in total. The molecule has 0 fully saturated rings. The van der Waals surface area contributed by atoms with Crippen LogP contribution in [0.25, 0.3) is 0 Å². The van der Waals surface area contributed by atoms with Crippen LogP contribution in [0.5, 0.6) is 0 Å². The molecule has 1 atom stereocenters. The summed E-state index contributed by atoms with van der Waals surface area (Å²) in [5.74, 6) is -0.153. The van der Waals surface area contributed by atoms with E-state index in [1.54, 1.807) is 18.1 Å². The smallest absolute Gasteiger partial charge is 0.257 e. The lowest BCUT2D eigenvalue weighted by molar-refractivity contribution is -0.121. The lowest BCUT2D eigenvalue weighted by Crippen LogP contribution is -2.40. The maximum atomic E-state index is 12.4. The van der Waals surface area contributed by atoms with Crippen LogP contribution in [0.1, 0.15) is 43.5 Å². The van der Waals surface area contributed by atoms with Crippen LogP contribution in [0.4, 0.5) is 0 Å². The minimum atomic E-state index is -0.102. The standard InChI is InChI=1S/C16H26N2O4/c1-4-13(2)18(16(20)14-7-11-22-12-14)9-6-15(19)17-8-5-10-21-3/h7,11-13H,4-6,8-10H2,1-3H3,(H,17,19)/t13-/m0/s1. The fourth-order valence-corrected chi connectivity index (χ4v) is 2.05. The Morgan fingerprint density at radius 3 is 2.82 bits per heavy atom. The summed E-state index contributed by atoms with van der Waals surface area (Å²) in [5.41, 5.74) is 0.515. The van der Waals surface area contributed by atoms with E-state index in [2.05, 4.69) is 5.32 Å². The maximum Gasteiger partial charge on any atom is 0.257 e. The molecule has 1 aromatic rings. The molecule has 0 unspecified atom stereocenters. The highest BCUT2D eigenvalue weighted by Crippen LogP contribution is 2.12. The maximum absolute atomic E-state index is 12.4. The van der Waals surface area contributed by atoms with E-state index in [0.717, 1.165) is 12.8 Å². The molecule has 1 heterocycles. The molecule has 1 rings (SSSR count). The Bertz CT molecular complexity index is 445. The van der Waals surface area contributed by atoms with Gasteiger partial charge in [0.25, 0.3) is 5.91 Å². The molecule has 0 aliphatic carbocycles. The van der Waals surface area contributed by atoms with E-state index in [-0.39, 0.29) is 17.9 Å². The highest BCUT2D eigenvalue weighted by Gasteiger charge is 2.21. The SMILES string of the molecule is CC[C@H](C)N(CCC(=O)NCCCOC)C(=O)c1ccoc1. The zero-order valence-electron chi connectivity index (χ0n) is 13.6. The normalized spacial score (nSPS) is 12.0. The largest absolute Gasteiger partial charge is 0.472 e. The lowest BCUT2D eigenvalue weighted by Gasteiger charge is -2.28. The second-order valence-electron chi connectivity index (χ2n) is 5.21. The summed E-state index contributed by atoms with van der Waals surface area (Å²) < 4.78 is 9.89. The average molecular weight is 310 g/mol. The third-order valence-electron chi connectivity index (χ3n) is 3.58. The zero-order valence-corrected chi connectivity index (χ0v) is 13.6. The van der Waals surface area contributed by atoms with Gasteiger partial charge in [-0.2, -0.15) is 0 Å². The van der Waals surface area contributed by atoms with E-state index in [0.29, 0.717) is 31.7 Å². The van der Waals surface area contributed by atoms with Crippen LogP contribution in [-0.2, 0) is 9.53 Å². The Morgan fingerprint density at radius 2 is 2.23 bits per heavy atom. The third-order valence-corrected chi connectivity index (χ3v) is 3.58. The lowest BCUT2D eigenvalue weighted by atomic mass is 10.1. The molecule has 22 heavy (non-hydrogen) atoms. The molecule has 0 saturated heterocycles. The minimum Gasteiger partial charge on any atom is -0.472 e. The Morgan fingerprint density at radius 1 is 1.45 bits per heavy atom. The molecule has 0 bridgehead atoms. The van der Waals surface area contributed by atoms with Crippen molar-refractivity contribution in [1.29, 1.82) is 0 Å². The summed E-state index contributed by atoms with van der Waals surface area (Å²) in [5, 5.41) is 2.83. The average Bonchev–Trinajstić information content (AvgIpc) is 3.05. The number of carbonyl (C=O) groups is 2. The number of carbonyl (C=O) groups excluding carboxylic acids is 2. The number of nitrogens with zero attached hydrogens (tertiary/aromatic N) is 1. The van der Waals surface area contributed by atoms with Gasteiger partial charge in [0.2, 0.25) is 5.91 Å². The number of hydrogen-bond acceptors (Lipinski definition) is 4. The van der Waals surface area contributed by atoms with Crippen molar-refractivity contribution < 1.29 is 18.7 Å². The van der Waals surface area contributed by atoms with Crippen LogP contribution in [0.2, 0.25) is 0 Å². The summed E-state index contributed by atoms with van der Waals surface area (Å²) in [4.78, 5) is 26.0. The van der Waals surface area contributed by atoms with Crippen LogP contribution >= 0.6 is 0 Å². The van der Waals surface area contributed by atoms with Gasteiger partial charge >= 0.3 is 0 Å². The predicted octanol–water partition coefficient (Wildman–Crippen LogP) is 2.06. The van der Waals surface area contributed by atoms with Crippen LogP contribution in [0.15, 0.2) is 23.0 Å². The van der Waals surface area contributed by atoms with Crippen molar-refractivity contribution in [2.45, 2.75) is 39.2 Å². The van der Waals surface area contributed by atoms with Crippen molar-refractivity contribution in [3.63, 3.8) is 0 Å². The van der Waals surface area contributed by atoms with Gasteiger partial charge in [0.15, 0.2) is 0 Å². The van der Waals surface area contributed by atoms with E-state index in [1.807, 2.05) is 13.8 Å². The number of nitrogens with one attached hydrogen (secondary N) is 1. The number of methoxy groups -OCH3 is 1. The predicted molar refractivity (Wildman–Crippen MR) is 83.6 cm³/mol. The molecular formula is C16H26N2O4. The highest BCUT2D eigenvalue weighted by molar-refractivity contribution is 5.94. The molecule has 0 radical (unpaired) electrons. The second-order valence-corrected chi connectivity index (χ2v) is 5.21. The topological polar surface area (TPSA) is 71.8 Å². The van der Waals surface area contributed by atoms with E-state index >= 15 is 0 Å². The first-order valence-corrected chi connectivity index (χ1v) is 7.69. The molecule has 1 N–H and O–H groups in total. The van der Waals surface area contributed by atoms with Crippen LogP contribution in [0, 0.1) is 0 Å². The van der Waals surface area contributed by atoms with Gasteiger partial charge in [0.1, 0.15) is 6.26 Å². The molecule has 0 aromatic carbocycles. The van der Waals surface area contributed by atoms with Crippen molar-refractivity contribution in [2.24, 2.45) is 0 Å². The minimum absolute atomic E-state index is 0.0515. The third kappa shape index (κ3) is 5.89. The molecule has 124 valence electrons. The van der Waals surface area contributed by atoms with Crippen LogP contribution < -0.4 is 5.32 Å². The van der Waals surface area contributed by atoms with Gasteiger partial charge in [-0.15, -0.1) is 0 Å². The molecule has 2 amide bonds. The Kier molecular flexibility index (Phi) is 8.28. The van der Waals surface area contributed by atoms with E-state index in [1.165, 1.54) is 12.5 Å². The van der Waals surface area contributed by atoms with Crippen LogP contribution in [-0.4, -0.2) is 49.6 Å². The molecule has 0 saturated carbocycles. The van der Waals surface area contributed by atoms with Gasteiger partial charge < -0.3 is 19.4 Å². The zero-order chi connectivity index (χ0) is 16.4. The first-order chi connectivity index (χ1) is 10.6. The van der Waals surface area contributed by atoms with Gasteiger partial charge in [0, 0.05) is 39.3 Å². The van der Waals surface area contributed by atoms with Crippen molar-refractivity contribution in [1.82, 2.24) is 10.2 Å². The summed E-state index contributed by atoms with van der Waals surface area (Å²) in [6, 6.07) is 1.71.